The van der Waals surface area contributed by atoms with Crippen molar-refractivity contribution in [3.63, 3.8) is 0 Å². The van der Waals surface area contributed by atoms with Crippen LogP contribution in [0.3, 0.4) is 0 Å². The Morgan fingerprint density at radius 2 is 1.95 bits per heavy atom. The molecule has 0 aliphatic carbocycles. The lowest BCUT2D eigenvalue weighted by Crippen LogP contribution is -2.26. The molecule has 1 heterocycles. The predicted molar refractivity (Wildman–Crippen MR) is 81.7 cm³/mol. The van der Waals surface area contributed by atoms with Gasteiger partial charge in [-0.2, -0.15) is 0 Å². The van der Waals surface area contributed by atoms with Gasteiger partial charge in [-0.3, -0.25) is 4.79 Å². The fourth-order valence-electron chi connectivity index (χ4n) is 2.22. The predicted octanol–water partition coefficient (Wildman–Crippen LogP) is 2.84. The summed E-state index contributed by atoms with van der Waals surface area (Å²) >= 11 is 0. The number of nitrogens with one attached hydrogen (secondary N) is 1. The third-order valence-electron chi connectivity index (χ3n) is 3.53. The standard InChI is InChI=1S/C16H28N2O2/c1-3-18(4-2)12-8-6-5-7-11-17-16(19)14-15-10-9-13-20-15/h9-10,13H,3-8,11-12,14H2,1-2H3,(H,17,19). The molecule has 0 saturated carbocycles. The van der Waals surface area contributed by atoms with Gasteiger partial charge in [-0.1, -0.05) is 26.7 Å². The van der Waals surface area contributed by atoms with E-state index in [0.29, 0.717) is 6.42 Å². The molecule has 20 heavy (non-hydrogen) atoms. The second-order valence-corrected chi connectivity index (χ2v) is 5.05. The SMILES string of the molecule is CCN(CC)CCCCCCNC(=O)Cc1ccco1. The van der Waals surface area contributed by atoms with E-state index in [4.69, 9.17) is 4.42 Å². The fourth-order valence-corrected chi connectivity index (χ4v) is 2.22. The van der Waals surface area contributed by atoms with Gasteiger partial charge in [0.2, 0.25) is 5.91 Å². The van der Waals surface area contributed by atoms with E-state index < -0.39 is 0 Å². The van der Waals surface area contributed by atoms with Crippen LogP contribution in [0, 0.1) is 0 Å². The second kappa shape index (κ2) is 10.5. The normalized spacial score (nSPS) is 10.9. The lowest BCUT2D eigenvalue weighted by Gasteiger charge is -2.17. The van der Waals surface area contributed by atoms with Crippen LogP contribution in [0.4, 0.5) is 0 Å². The summed E-state index contributed by atoms with van der Waals surface area (Å²) in [7, 11) is 0. The monoisotopic (exact) mass is 280 g/mol. The van der Waals surface area contributed by atoms with Gasteiger partial charge in [-0.15, -0.1) is 0 Å². The first kappa shape index (κ1) is 16.8. The van der Waals surface area contributed by atoms with Crippen molar-refractivity contribution in [2.45, 2.75) is 46.0 Å². The maximum Gasteiger partial charge on any atom is 0.227 e. The molecule has 1 rings (SSSR count). The van der Waals surface area contributed by atoms with Crippen LogP contribution in [0.1, 0.15) is 45.3 Å². The minimum absolute atomic E-state index is 0.0445. The summed E-state index contributed by atoms with van der Waals surface area (Å²) in [6, 6.07) is 3.63. The third kappa shape index (κ3) is 7.34. The maximum atomic E-state index is 11.6. The molecule has 0 aliphatic rings. The van der Waals surface area contributed by atoms with E-state index in [1.54, 1.807) is 12.3 Å². The van der Waals surface area contributed by atoms with Gasteiger partial charge in [-0.25, -0.2) is 0 Å². The van der Waals surface area contributed by atoms with E-state index in [-0.39, 0.29) is 5.91 Å². The number of carbonyl (C=O) groups is 1. The lowest BCUT2D eigenvalue weighted by molar-refractivity contribution is -0.120. The first-order valence-electron chi connectivity index (χ1n) is 7.77. The number of rotatable bonds is 11. The lowest BCUT2D eigenvalue weighted by atomic mass is 10.2. The van der Waals surface area contributed by atoms with Gasteiger partial charge in [0.05, 0.1) is 12.7 Å². The van der Waals surface area contributed by atoms with Crippen LogP contribution in [-0.4, -0.2) is 37.0 Å². The van der Waals surface area contributed by atoms with Crippen molar-refractivity contribution in [2.24, 2.45) is 0 Å². The van der Waals surface area contributed by atoms with Crippen molar-refractivity contribution in [1.82, 2.24) is 10.2 Å². The Morgan fingerprint density at radius 3 is 2.60 bits per heavy atom. The summed E-state index contributed by atoms with van der Waals surface area (Å²) in [4.78, 5) is 14.0. The Kier molecular flexibility index (Phi) is 8.79. The first-order valence-corrected chi connectivity index (χ1v) is 7.77. The summed E-state index contributed by atoms with van der Waals surface area (Å²) < 4.78 is 5.14. The van der Waals surface area contributed by atoms with Crippen molar-refractivity contribution in [3.8, 4) is 0 Å². The molecule has 1 aromatic heterocycles. The molecule has 1 N–H and O–H groups in total. The number of furan rings is 1. The molecule has 0 unspecified atom stereocenters. The minimum Gasteiger partial charge on any atom is -0.469 e. The van der Waals surface area contributed by atoms with Crippen LogP contribution < -0.4 is 5.32 Å². The molecule has 0 atom stereocenters. The van der Waals surface area contributed by atoms with Crippen LogP contribution in [0.2, 0.25) is 0 Å². The maximum absolute atomic E-state index is 11.6. The summed E-state index contributed by atoms with van der Waals surface area (Å²) in [6.45, 7) is 8.65. The summed E-state index contributed by atoms with van der Waals surface area (Å²) in [5.74, 6) is 0.768. The highest BCUT2D eigenvalue weighted by molar-refractivity contribution is 5.77. The molecule has 0 spiro atoms. The summed E-state index contributed by atoms with van der Waals surface area (Å²) in [5, 5.41) is 2.93. The Bertz CT molecular complexity index is 345. The zero-order chi connectivity index (χ0) is 14.6. The molecule has 1 amide bonds. The van der Waals surface area contributed by atoms with E-state index in [2.05, 4.69) is 24.1 Å². The second-order valence-electron chi connectivity index (χ2n) is 5.05. The van der Waals surface area contributed by atoms with Gasteiger partial charge in [-0.05, 0) is 44.6 Å². The highest BCUT2D eigenvalue weighted by atomic mass is 16.3. The van der Waals surface area contributed by atoms with Crippen LogP contribution >= 0.6 is 0 Å². The highest BCUT2D eigenvalue weighted by Gasteiger charge is 2.04. The quantitative estimate of drug-likeness (QED) is 0.634. The number of amides is 1. The molecule has 0 aliphatic heterocycles. The van der Waals surface area contributed by atoms with Crippen LogP contribution in [0.15, 0.2) is 22.8 Å². The van der Waals surface area contributed by atoms with Crippen molar-refractivity contribution in [1.29, 1.82) is 0 Å². The number of nitrogens with zero attached hydrogens (tertiary/aromatic N) is 1. The van der Waals surface area contributed by atoms with Gasteiger partial charge >= 0.3 is 0 Å². The Balaban J connectivity index is 1.93. The van der Waals surface area contributed by atoms with E-state index >= 15 is 0 Å². The van der Waals surface area contributed by atoms with Crippen LogP contribution in [0.25, 0.3) is 0 Å². The average Bonchev–Trinajstić information content (AvgIpc) is 2.95. The molecule has 0 fully saturated rings. The number of hydrogen-bond donors (Lipinski definition) is 1. The van der Waals surface area contributed by atoms with Gasteiger partial charge in [0.1, 0.15) is 5.76 Å². The van der Waals surface area contributed by atoms with Gasteiger partial charge in [0.25, 0.3) is 0 Å². The van der Waals surface area contributed by atoms with E-state index in [1.807, 2.05) is 6.07 Å². The molecular weight excluding hydrogens is 252 g/mol. The molecule has 0 saturated heterocycles. The Hall–Kier alpha value is -1.29. The topological polar surface area (TPSA) is 45.5 Å². The summed E-state index contributed by atoms with van der Waals surface area (Å²) in [5.41, 5.74) is 0. The molecule has 1 aromatic rings. The third-order valence-corrected chi connectivity index (χ3v) is 3.53. The Labute approximate surface area is 122 Å². The molecule has 114 valence electrons. The van der Waals surface area contributed by atoms with Crippen molar-refractivity contribution < 1.29 is 9.21 Å². The zero-order valence-corrected chi connectivity index (χ0v) is 12.9. The first-order chi connectivity index (χ1) is 9.76. The van der Waals surface area contributed by atoms with Gasteiger partial charge in [0, 0.05) is 6.54 Å². The molecule has 0 aromatic carbocycles. The van der Waals surface area contributed by atoms with E-state index in [9.17, 15) is 4.79 Å². The minimum atomic E-state index is 0.0445. The van der Waals surface area contributed by atoms with Crippen molar-refractivity contribution in [2.75, 3.05) is 26.2 Å². The van der Waals surface area contributed by atoms with Crippen molar-refractivity contribution >= 4 is 5.91 Å². The number of unbranched alkanes of at least 4 members (excludes halogenated alkanes) is 3. The number of carbonyl (C=O) groups excluding carboxylic acids is 1. The summed E-state index contributed by atoms with van der Waals surface area (Å²) in [6.07, 6.45) is 6.67. The molecule has 4 heteroatoms. The smallest absolute Gasteiger partial charge is 0.227 e. The van der Waals surface area contributed by atoms with Crippen LogP contribution in [-0.2, 0) is 11.2 Å². The van der Waals surface area contributed by atoms with Crippen LogP contribution in [0.5, 0.6) is 0 Å². The molecule has 0 bridgehead atoms. The van der Waals surface area contributed by atoms with Gasteiger partial charge < -0.3 is 14.6 Å². The van der Waals surface area contributed by atoms with E-state index in [0.717, 1.165) is 31.8 Å². The Morgan fingerprint density at radius 1 is 1.20 bits per heavy atom. The van der Waals surface area contributed by atoms with Gasteiger partial charge in [0.15, 0.2) is 0 Å². The largest absolute Gasteiger partial charge is 0.469 e. The fraction of sp³-hybridized carbons (Fsp3) is 0.688. The number of hydrogen-bond acceptors (Lipinski definition) is 3. The molecular formula is C16H28N2O2. The average molecular weight is 280 g/mol. The van der Waals surface area contributed by atoms with Crippen molar-refractivity contribution in [3.05, 3.63) is 24.2 Å². The molecule has 4 nitrogen and oxygen atoms in total. The zero-order valence-electron chi connectivity index (χ0n) is 12.9. The van der Waals surface area contributed by atoms with E-state index in [1.165, 1.54) is 25.8 Å². The molecule has 0 radical (unpaired) electrons. The highest BCUT2D eigenvalue weighted by Crippen LogP contribution is 2.02.